The number of amides is 2. The summed E-state index contributed by atoms with van der Waals surface area (Å²) in [5.41, 5.74) is 1.77. The minimum absolute atomic E-state index is 0.158. The lowest BCUT2D eigenvalue weighted by Gasteiger charge is -2.12. The van der Waals surface area contributed by atoms with E-state index in [1.807, 2.05) is 6.07 Å². The van der Waals surface area contributed by atoms with Crippen molar-refractivity contribution in [2.75, 3.05) is 19.5 Å². The zero-order valence-electron chi connectivity index (χ0n) is 14.9. The molecule has 0 unspecified atom stereocenters. The van der Waals surface area contributed by atoms with Crippen LogP contribution in [0.5, 0.6) is 11.5 Å². The number of benzene rings is 2. The number of hydrogen-bond acceptors (Lipinski definition) is 4. The van der Waals surface area contributed by atoms with Crippen LogP contribution >= 0.6 is 0 Å². The van der Waals surface area contributed by atoms with Gasteiger partial charge in [-0.15, -0.1) is 0 Å². The van der Waals surface area contributed by atoms with Crippen molar-refractivity contribution >= 4 is 17.5 Å². The fourth-order valence-electron chi connectivity index (χ4n) is 2.65. The van der Waals surface area contributed by atoms with Gasteiger partial charge in [-0.1, -0.05) is 18.2 Å². The summed E-state index contributed by atoms with van der Waals surface area (Å²) < 4.78 is 10.5. The van der Waals surface area contributed by atoms with Crippen LogP contribution in [0.25, 0.3) is 0 Å². The molecule has 2 aromatic rings. The predicted molar refractivity (Wildman–Crippen MR) is 98.8 cm³/mol. The van der Waals surface area contributed by atoms with E-state index in [1.54, 1.807) is 50.6 Å². The molecule has 0 aromatic heterocycles. The first kappa shape index (κ1) is 17.8. The lowest BCUT2D eigenvalue weighted by Crippen LogP contribution is -2.27. The summed E-state index contributed by atoms with van der Waals surface area (Å²) in [6, 6.07) is 12.6. The molecule has 6 heteroatoms. The van der Waals surface area contributed by atoms with Crippen LogP contribution in [-0.2, 0) is 11.2 Å². The number of ether oxygens (including phenoxy) is 2. The summed E-state index contributed by atoms with van der Waals surface area (Å²) in [4.78, 5) is 24.7. The largest absolute Gasteiger partial charge is 0.493 e. The normalized spacial score (nSPS) is 13.0. The van der Waals surface area contributed by atoms with E-state index >= 15 is 0 Å². The van der Waals surface area contributed by atoms with Gasteiger partial charge in [0.25, 0.3) is 5.91 Å². The van der Waals surface area contributed by atoms with Crippen LogP contribution < -0.4 is 20.1 Å². The maximum atomic E-state index is 12.4. The van der Waals surface area contributed by atoms with Crippen molar-refractivity contribution in [1.29, 1.82) is 0 Å². The SMILES string of the molecule is COc1ccc(CC(=O)Nc2ccccc2C(=O)NC2CC2)cc1OC. The highest BCUT2D eigenvalue weighted by atomic mass is 16.5. The molecule has 1 fully saturated rings. The number of para-hydroxylation sites is 1. The summed E-state index contributed by atoms with van der Waals surface area (Å²) in [5, 5.41) is 5.77. The number of rotatable bonds is 7. The maximum absolute atomic E-state index is 12.4. The molecule has 26 heavy (non-hydrogen) atoms. The number of carbonyl (C=O) groups is 2. The molecule has 136 valence electrons. The first-order chi connectivity index (χ1) is 12.6. The van der Waals surface area contributed by atoms with Gasteiger partial charge in [0.2, 0.25) is 5.91 Å². The molecule has 2 aromatic carbocycles. The Labute approximate surface area is 152 Å². The summed E-state index contributed by atoms with van der Waals surface area (Å²) in [6.07, 6.45) is 2.19. The summed E-state index contributed by atoms with van der Waals surface area (Å²) >= 11 is 0. The molecule has 3 rings (SSSR count). The van der Waals surface area contributed by atoms with Gasteiger partial charge in [0.1, 0.15) is 0 Å². The van der Waals surface area contributed by atoms with Crippen LogP contribution in [0, 0.1) is 0 Å². The first-order valence-corrected chi connectivity index (χ1v) is 8.51. The lowest BCUT2D eigenvalue weighted by atomic mass is 10.1. The highest BCUT2D eigenvalue weighted by Gasteiger charge is 2.25. The molecule has 6 nitrogen and oxygen atoms in total. The van der Waals surface area contributed by atoms with E-state index in [-0.39, 0.29) is 24.3 Å². The Morgan fingerprint density at radius 3 is 2.46 bits per heavy atom. The molecule has 1 aliphatic carbocycles. The van der Waals surface area contributed by atoms with Crippen molar-refractivity contribution in [2.24, 2.45) is 0 Å². The zero-order valence-corrected chi connectivity index (χ0v) is 14.9. The molecule has 0 heterocycles. The third-order valence-corrected chi connectivity index (χ3v) is 4.17. The molecule has 0 spiro atoms. The number of nitrogens with one attached hydrogen (secondary N) is 2. The van der Waals surface area contributed by atoms with Gasteiger partial charge in [-0.25, -0.2) is 0 Å². The van der Waals surface area contributed by atoms with E-state index in [0.29, 0.717) is 22.7 Å². The van der Waals surface area contributed by atoms with E-state index in [1.165, 1.54) is 0 Å². The Morgan fingerprint density at radius 2 is 1.77 bits per heavy atom. The lowest BCUT2D eigenvalue weighted by molar-refractivity contribution is -0.115. The Hall–Kier alpha value is -3.02. The smallest absolute Gasteiger partial charge is 0.253 e. The van der Waals surface area contributed by atoms with Crippen LogP contribution in [0.3, 0.4) is 0 Å². The summed E-state index contributed by atoms with van der Waals surface area (Å²) in [5.74, 6) is 0.819. The van der Waals surface area contributed by atoms with Gasteiger partial charge in [-0.3, -0.25) is 9.59 Å². The van der Waals surface area contributed by atoms with Crippen molar-refractivity contribution in [3.63, 3.8) is 0 Å². The molecule has 0 bridgehead atoms. The Kier molecular flexibility index (Phi) is 5.41. The third-order valence-electron chi connectivity index (χ3n) is 4.17. The molecule has 0 aliphatic heterocycles. The van der Waals surface area contributed by atoms with E-state index < -0.39 is 0 Å². The molecular formula is C20H22N2O4. The molecule has 2 amide bonds. The van der Waals surface area contributed by atoms with Crippen molar-refractivity contribution in [2.45, 2.75) is 25.3 Å². The molecule has 1 saturated carbocycles. The van der Waals surface area contributed by atoms with E-state index in [9.17, 15) is 9.59 Å². The van der Waals surface area contributed by atoms with Crippen LogP contribution in [0.4, 0.5) is 5.69 Å². The molecular weight excluding hydrogens is 332 g/mol. The third kappa shape index (κ3) is 4.33. The number of hydrogen-bond donors (Lipinski definition) is 2. The Balaban J connectivity index is 1.69. The van der Waals surface area contributed by atoms with E-state index in [2.05, 4.69) is 10.6 Å². The average molecular weight is 354 g/mol. The first-order valence-electron chi connectivity index (χ1n) is 8.51. The Morgan fingerprint density at radius 1 is 1.04 bits per heavy atom. The fourth-order valence-corrected chi connectivity index (χ4v) is 2.65. The quantitative estimate of drug-likeness (QED) is 0.802. The van der Waals surface area contributed by atoms with Gasteiger partial charge in [0.15, 0.2) is 11.5 Å². The van der Waals surface area contributed by atoms with Gasteiger partial charge in [0.05, 0.1) is 31.9 Å². The van der Waals surface area contributed by atoms with E-state index in [4.69, 9.17) is 9.47 Å². The Bertz CT molecular complexity index is 815. The molecule has 0 saturated heterocycles. The summed E-state index contributed by atoms with van der Waals surface area (Å²) in [6.45, 7) is 0. The van der Waals surface area contributed by atoms with Gasteiger partial charge in [0, 0.05) is 6.04 Å². The standard InChI is InChI=1S/C20H22N2O4/c1-25-17-10-7-13(11-18(17)26-2)12-19(23)22-16-6-4-3-5-15(16)20(24)21-14-8-9-14/h3-7,10-11,14H,8-9,12H2,1-2H3,(H,21,24)(H,22,23). The van der Waals surface area contributed by atoms with Crippen LogP contribution in [0.15, 0.2) is 42.5 Å². The fraction of sp³-hybridized carbons (Fsp3) is 0.300. The average Bonchev–Trinajstić information content (AvgIpc) is 3.45. The van der Waals surface area contributed by atoms with Crippen molar-refractivity contribution < 1.29 is 19.1 Å². The number of carbonyl (C=O) groups excluding carboxylic acids is 2. The second-order valence-electron chi connectivity index (χ2n) is 6.21. The highest BCUT2D eigenvalue weighted by Crippen LogP contribution is 2.28. The van der Waals surface area contributed by atoms with Crippen molar-refractivity contribution in [3.8, 4) is 11.5 Å². The number of anilines is 1. The number of methoxy groups -OCH3 is 2. The van der Waals surface area contributed by atoms with Crippen LogP contribution in [0.1, 0.15) is 28.8 Å². The van der Waals surface area contributed by atoms with Crippen molar-refractivity contribution in [3.05, 3.63) is 53.6 Å². The molecule has 2 N–H and O–H groups in total. The van der Waals surface area contributed by atoms with Gasteiger partial charge >= 0.3 is 0 Å². The van der Waals surface area contributed by atoms with Gasteiger partial charge < -0.3 is 20.1 Å². The molecule has 0 radical (unpaired) electrons. The minimum atomic E-state index is -0.205. The maximum Gasteiger partial charge on any atom is 0.253 e. The topological polar surface area (TPSA) is 76.7 Å². The second kappa shape index (κ2) is 7.91. The summed E-state index contributed by atoms with van der Waals surface area (Å²) in [7, 11) is 3.12. The van der Waals surface area contributed by atoms with Crippen LogP contribution in [0.2, 0.25) is 0 Å². The van der Waals surface area contributed by atoms with Gasteiger partial charge in [-0.05, 0) is 42.7 Å². The minimum Gasteiger partial charge on any atom is -0.493 e. The molecule has 1 aliphatic rings. The predicted octanol–water partition coefficient (Wildman–Crippen LogP) is 2.78. The molecule has 0 atom stereocenters. The van der Waals surface area contributed by atoms with E-state index in [0.717, 1.165) is 18.4 Å². The van der Waals surface area contributed by atoms with Crippen LogP contribution in [-0.4, -0.2) is 32.1 Å². The highest BCUT2D eigenvalue weighted by molar-refractivity contribution is 6.04. The second-order valence-corrected chi connectivity index (χ2v) is 6.21. The monoisotopic (exact) mass is 354 g/mol. The van der Waals surface area contributed by atoms with Gasteiger partial charge in [-0.2, -0.15) is 0 Å². The van der Waals surface area contributed by atoms with Crippen molar-refractivity contribution in [1.82, 2.24) is 5.32 Å². The zero-order chi connectivity index (χ0) is 18.5.